The Morgan fingerprint density at radius 1 is 1.32 bits per heavy atom. The third-order valence-corrected chi connectivity index (χ3v) is 3.85. The molecular formula is C15H19N3O4. The lowest BCUT2D eigenvalue weighted by atomic mass is 10.0. The molecule has 0 spiro atoms. The first-order chi connectivity index (χ1) is 10.4. The van der Waals surface area contributed by atoms with Crippen LogP contribution in [-0.2, 0) is 4.79 Å². The third-order valence-electron chi connectivity index (χ3n) is 3.85. The molecule has 1 heterocycles. The number of nitrogens with zero attached hydrogens (tertiary/aromatic N) is 2. The summed E-state index contributed by atoms with van der Waals surface area (Å²) in [5, 5.41) is 13.7. The van der Waals surface area contributed by atoms with Crippen LogP contribution >= 0.6 is 0 Å². The number of carbonyl (C=O) groups is 2. The van der Waals surface area contributed by atoms with Crippen molar-refractivity contribution in [1.82, 2.24) is 10.2 Å². The van der Waals surface area contributed by atoms with Crippen LogP contribution in [0.2, 0.25) is 0 Å². The van der Waals surface area contributed by atoms with E-state index in [1.807, 2.05) is 0 Å². The van der Waals surface area contributed by atoms with E-state index in [-0.39, 0.29) is 23.5 Å². The number of hydrogen-bond donors (Lipinski definition) is 1. The second kappa shape index (κ2) is 6.55. The zero-order chi connectivity index (χ0) is 16.3. The van der Waals surface area contributed by atoms with Crippen LogP contribution < -0.4 is 5.32 Å². The minimum absolute atomic E-state index is 0.0701. The number of likely N-dealkylation sites (tertiary alicyclic amines) is 1. The van der Waals surface area contributed by atoms with Gasteiger partial charge in [-0.1, -0.05) is 6.07 Å². The van der Waals surface area contributed by atoms with Crippen molar-refractivity contribution in [1.29, 1.82) is 0 Å². The molecule has 0 atom stereocenters. The summed E-state index contributed by atoms with van der Waals surface area (Å²) in [5.41, 5.74) is 1.01. The van der Waals surface area contributed by atoms with Gasteiger partial charge in [0, 0.05) is 43.8 Å². The van der Waals surface area contributed by atoms with E-state index in [0.717, 1.165) is 5.56 Å². The summed E-state index contributed by atoms with van der Waals surface area (Å²) < 4.78 is 0. The fraction of sp³-hybridized carbons (Fsp3) is 0.467. The topological polar surface area (TPSA) is 92.6 Å². The van der Waals surface area contributed by atoms with Crippen LogP contribution in [0.4, 0.5) is 5.69 Å². The number of piperidine rings is 1. The first-order valence-electron chi connectivity index (χ1n) is 7.20. The van der Waals surface area contributed by atoms with Crippen molar-refractivity contribution in [2.45, 2.75) is 32.7 Å². The number of non-ortho nitro benzene ring substituents is 1. The summed E-state index contributed by atoms with van der Waals surface area (Å²) in [7, 11) is 0. The van der Waals surface area contributed by atoms with E-state index in [0.29, 0.717) is 31.5 Å². The van der Waals surface area contributed by atoms with Crippen molar-refractivity contribution < 1.29 is 14.5 Å². The summed E-state index contributed by atoms with van der Waals surface area (Å²) >= 11 is 0. The van der Waals surface area contributed by atoms with Crippen LogP contribution in [0, 0.1) is 17.0 Å². The molecule has 118 valence electrons. The lowest BCUT2D eigenvalue weighted by Crippen LogP contribution is -2.46. The van der Waals surface area contributed by atoms with Gasteiger partial charge in [0.1, 0.15) is 0 Å². The van der Waals surface area contributed by atoms with Crippen LogP contribution in [0.5, 0.6) is 0 Å². The summed E-state index contributed by atoms with van der Waals surface area (Å²) in [5.74, 6) is -0.262. The van der Waals surface area contributed by atoms with Gasteiger partial charge < -0.3 is 10.2 Å². The van der Waals surface area contributed by atoms with E-state index in [1.165, 1.54) is 19.1 Å². The van der Waals surface area contributed by atoms with Crippen LogP contribution in [0.3, 0.4) is 0 Å². The first-order valence-corrected chi connectivity index (χ1v) is 7.20. The molecule has 2 rings (SSSR count). The Kier molecular flexibility index (Phi) is 4.75. The number of nitrogens with one attached hydrogen (secondary N) is 1. The van der Waals surface area contributed by atoms with Crippen molar-refractivity contribution >= 4 is 17.5 Å². The number of rotatable bonds is 3. The summed E-state index contributed by atoms with van der Waals surface area (Å²) in [4.78, 5) is 35.6. The molecule has 0 unspecified atom stereocenters. The first kappa shape index (κ1) is 15.9. The highest BCUT2D eigenvalue weighted by atomic mass is 16.6. The van der Waals surface area contributed by atoms with Gasteiger partial charge in [-0.2, -0.15) is 0 Å². The maximum Gasteiger partial charge on any atom is 0.270 e. The zero-order valence-electron chi connectivity index (χ0n) is 12.7. The molecule has 0 aliphatic carbocycles. The molecule has 22 heavy (non-hydrogen) atoms. The van der Waals surface area contributed by atoms with Crippen LogP contribution in [0.15, 0.2) is 18.2 Å². The molecule has 0 bridgehead atoms. The number of nitro benzene ring substituents is 1. The number of hydrogen-bond acceptors (Lipinski definition) is 4. The van der Waals surface area contributed by atoms with Gasteiger partial charge in [-0.3, -0.25) is 19.7 Å². The van der Waals surface area contributed by atoms with E-state index in [2.05, 4.69) is 5.32 Å². The van der Waals surface area contributed by atoms with E-state index in [4.69, 9.17) is 0 Å². The number of aryl methyl sites for hydroxylation is 1. The van der Waals surface area contributed by atoms with Crippen molar-refractivity contribution in [3.63, 3.8) is 0 Å². The number of benzene rings is 1. The second-order valence-corrected chi connectivity index (χ2v) is 5.52. The number of carbonyl (C=O) groups excluding carboxylic acids is 2. The lowest BCUT2D eigenvalue weighted by molar-refractivity contribution is -0.384. The molecule has 0 aromatic heterocycles. The minimum atomic E-state index is -0.501. The number of nitro groups is 1. The predicted molar refractivity (Wildman–Crippen MR) is 80.6 cm³/mol. The molecular weight excluding hydrogens is 286 g/mol. The average molecular weight is 305 g/mol. The Bertz CT molecular complexity index is 607. The zero-order valence-corrected chi connectivity index (χ0v) is 12.7. The van der Waals surface area contributed by atoms with Crippen LogP contribution in [0.1, 0.15) is 35.7 Å². The smallest absolute Gasteiger partial charge is 0.270 e. The molecule has 1 aromatic rings. The molecule has 7 heteroatoms. The third kappa shape index (κ3) is 3.60. The Morgan fingerprint density at radius 2 is 1.95 bits per heavy atom. The molecule has 1 aromatic carbocycles. The minimum Gasteiger partial charge on any atom is -0.353 e. The second-order valence-electron chi connectivity index (χ2n) is 5.52. The quantitative estimate of drug-likeness (QED) is 0.678. The van der Waals surface area contributed by atoms with Crippen molar-refractivity contribution in [3.05, 3.63) is 39.4 Å². The molecule has 1 fully saturated rings. The molecule has 7 nitrogen and oxygen atoms in total. The standard InChI is InChI=1S/C15H19N3O4/c1-10-3-4-13(18(21)22)9-14(10)15(20)17-7-5-12(6-8-17)16-11(2)19/h3-4,9,12H,5-8H2,1-2H3,(H,16,19). The lowest BCUT2D eigenvalue weighted by Gasteiger charge is -2.32. The monoisotopic (exact) mass is 305 g/mol. The largest absolute Gasteiger partial charge is 0.353 e. The Balaban J connectivity index is 2.08. The van der Waals surface area contributed by atoms with Gasteiger partial charge in [-0.15, -0.1) is 0 Å². The fourth-order valence-corrected chi connectivity index (χ4v) is 2.64. The normalized spacial score (nSPS) is 15.5. The number of amides is 2. The van der Waals surface area contributed by atoms with E-state index in [9.17, 15) is 19.7 Å². The molecule has 0 radical (unpaired) electrons. The van der Waals surface area contributed by atoms with Crippen molar-refractivity contribution in [2.75, 3.05) is 13.1 Å². The Labute approximate surface area is 128 Å². The van der Waals surface area contributed by atoms with E-state index < -0.39 is 4.92 Å². The van der Waals surface area contributed by atoms with Gasteiger partial charge >= 0.3 is 0 Å². The van der Waals surface area contributed by atoms with Gasteiger partial charge in [0.05, 0.1) is 4.92 Å². The Morgan fingerprint density at radius 3 is 2.50 bits per heavy atom. The van der Waals surface area contributed by atoms with Gasteiger partial charge in [-0.25, -0.2) is 0 Å². The highest BCUT2D eigenvalue weighted by Gasteiger charge is 2.25. The van der Waals surface area contributed by atoms with Gasteiger partial charge in [0.25, 0.3) is 11.6 Å². The summed E-state index contributed by atoms with van der Waals surface area (Å²) in [6.45, 7) is 4.31. The molecule has 2 amide bonds. The maximum absolute atomic E-state index is 12.5. The molecule has 0 saturated carbocycles. The van der Waals surface area contributed by atoms with Gasteiger partial charge in [0.15, 0.2) is 0 Å². The fourth-order valence-electron chi connectivity index (χ4n) is 2.64. The summed E-state index contributed by atoms with van der Waals surface area (Å²) in [6, 6.07) is 4.41. The summed E-state index contributed by atoms with van der Waals surface area (Å²) in [6.07, 6.45) is 1.39. The van der Waals surface area contributed by atoms with Crippen molar-refractivity contribution in [3.8, 4) is 0 Å². The molecule has 1 aliphatic heterocycles. The maximum atomic E-state index is 12.5. The van der Waals surface area contributed by atoms with Crippen molar-refractivity contribution in [2.24, 2.45) is 0 Å². The van der Waals surface area contributed by atoms with Gasteiger partial charge in [0.2, 0.25) is 5.91 Å². The van der Waals surface area contributed by atoms with E-state index >= 15 is 0 Å². The van der Waals surface area contributed by atoms with Gasteiger partial charge in [-0.05, 0) is 25.3 Å². The average Bonchev–Trinajstić information content (AvgIpc) is 2.47. The SMILES string of the molecule is CC(=O)NC1CCN(C(=O)c2cc([N+](=O)[O-])ccc2C)CC1. The van der Waals surface area contributed by atoms with Crippen LogP contribution in [-0.4, -0.2) is 40.8 Å². The molecule has 1 aliphatic rings. The molecule has 1 N–H and O–H groups in total. The molecule has 1 saturated heterocycles. The highest BCUT2D eigenvalue weighted by Crippen LogP contribution is 2.21. The van der Waals surface area contributed by atoms with Crippen LogP contribution in [0.25, 0.3) is 0 Å². The Hall–Kier alpha value is -2.44. The highest BCUT2D eigenvalue weighted by molar-refractivity contribution is 5.96. The predicted octanol–water partition coefficient (Wildman–Crippen LogP) is 1.64. The van der Waals surface area contributed by atoms with E-state index in [1.54, 1.807) is 17.9 Å².